The first-order chi connectivity index (χ1) is 16.4. The van der Waals surface area contributed by atoms with Gasteiger partial charge in [0.25, 0.3) is 0 Å². The maximum Gasteiger partial charge on any atom is 0.410 e. The highest BCUT2D eigenvalue weighted by molar-refractivity contribution is 5.87. The van der Waals surface area contributed by atoms with Gasteiger partial charge in [0.15, 0.2) is 12.0 Å². The molecule has 5 N–H and O–H groups in total. The summed E-state index contributed by atoms with van der Waals surface area (Å²) in [6.07, 6.45) is -2.31. The molecular weight excluding hydrogens is 456 g/mol. The number of ether oxygens (including phenoxy) is 2. The molecule has 2 saturated heterocycles. The van der Waals surface area contributed by atoms with Crippen LogP contribution in [0.1, 0.15) is 46.2 Å². The van der Waals surface area contributed by atoms with Gasteiger partial charge in [0.05, 0.1) is 17.7 Å². The summed E-state index contributed by atoms with van der Waals surface area (Å²) in [6, 6.07) is 0.268. The fourth-order valence-electron chi connectivity index (χ4n) is 4.54. The topological polar surface area (TPSA) is 162 Å². The Balaban J connectivity index is 1.42. The van der Waals surface area contributed by atoms with E-state index in [0.29, 0.717) is 36.2 Å². The van der Waals surface area contributed by atoms with Crippen LogP contribution in [0, 0.1) is 6.92 Å². The minimum Gasteiger partial charge on any atom is -0.444 e. The Bertz CT molecular complexity index is 1080. The Morgan fingerprint density at radius 3 is 2.71 bits per heavy atom. The summed E-state index contributed by atoms with van der Waals surface area (Å²) in [5, 5.41) is 27.4. The van der Waals surface area contributed by atoms with Crippen LogP contribution in [0.15, 0.2) is 12.4 Å². The molecule has 192 valence electrons. The predicted molar refractivity (Wildman–Crippen MR) is 126 cm³/mol. The number of aromatic amines is 1. The van der Waals surface area contributed by atoms with Crippen molar-refractivity contribution >= 4 is 28.9 Å². The zero-order chi connectivity index (χ0) is 25.5. The van der Waals surface area contributed by atoms with Crippen LogP contribution >= 0.6 is 0 Å². The number of amides is 2. The molecule has 2 aromatic rings. The third-order valence-corrected chi connectivity index (χ3v) is 6.22. The second-order valence-electron chi connectivity index (χ2n) is 10.2. The number of anilines is 1. The van der Waals surface area contributed by atoms with Crippen LogP contribution in [-0.4, -0.2) is 90.8 Å². The highest BCUT2D eigenvalue weighted by Gasteiger charge is 2.45. The second kappa shape index (κ2) is 9.59. The largest absolute Gasteiger partial charge is 0.444 e. The summed E-state index contributed by atoms with van der Waals surface area (Å²) >= 11 is 0. The Morgan fingerprint density at radius 2 is 2.00 bits per heavy atom. The molecule has 6 atom stereocenters. The average molecular weight is 491 g/mol. The van der Waals surface area contributed by atoms with Crippen LogP contribution in [0.3, 0.4) is 0 Å². The number of rotatable bonds is 4. The zero-order valence-corrected chi connectivity index (χ0v) is 20.6. The van der Waals surface area contributed by atoms with Gasteiger partial charge in [-0.1, -0.05) is 0 Å². The number of hydrogen-bond donors (Lipinski definition) is 5. The van der Waals surface area contributed by atoms with Crippen LogP contribution in [0.5, 0.6) is 0 Å². The van der Waals surface area contributed by atoms with E-state index >= 15 is 0 Å². The SMILES string of the molecule is Cc1cc2ncnc(N[C@H]3O[C@@H](C)[C@H](NC(=O)[C@H]4CCCN4C(=O)OC(C)(C)C)[C@@H](O)[C@@H]3O)c2[nH]1. The highest BCUT2D eigenvalue weighted by atomic mass is 16.6. The Kier molecular flexibility index (Phi) is 6.89. The number of carbonyl (C=O) groups excluding carboxylic acids is 2. The van der Waals surface area contributed by atoms with Gasteiger partial charge in [-0.05, 0) is 53.5 Å². The monoisotopic (exact) mass is 490 g/mol. The number of H-pyrrole nitrogens is 1. The van der Waals surface area contributed by atoms with Crippen molar-refractivity contribution in [3.63, 3.8) is 0 Å². The summed E-state index contributed by atoms with van der Waals surface area (Å²) in [6.45, 7) is 9.30. The molecular formula is C23H34N6O6. The Labute approximate surface area is 203 Å². The van der Waals surface area contributed by atoms with Crippen molar-refractivity contribution in [2.24, 2.45) is 0 Å². The standard InChI is InChI=1S/C23H34N6O6/c1-11-9-13-16(26-11)19(25-10-24-13)28-21-18(31)17(30)15(12(2)34-21)27-20(32)14-7-6-8-29(14)22(33)35-23(3,4)5/h9-10,12,14-15,17-18,21,26,30-31H,6-8H2,1-5H3,(H,27,32)(H,24,25,28)/t12-,14+,15-,17+,18-,21-/m0/s1. The average Bonchev–Trinajstić information content (AvgIpc) is 3.40. The molecule has 12 nitrogen and oxygen atoms in total. The minimum absolute atomic E-state index is 0.409. The van der Waals surface area contributed by atoms with Crippen LogP contribution in [0.4, 0.5) is 10.6 Å². The summed E-state index contributed by atoms with van der Waals surface area (Å²) in [5.41, 5.74) is 1.58. The van der Waals surface area contributed by atoms with Crippen molar-refractivity contribution in [3.05, 3.63) is 18.1 Å². The molecule has 0 unspecified atom stereocenters. The number of nitrogens with zero attached hydrogens (tertiary/aromatic N) is 3. The molecule has 0 bridgehead atoms. The van der Waals surface area contributed by atoms with Crippen LogP contribution in [-0.2, 0) is 14.3 Å². The van der Waals surface area contributed by atoms with Gasteiger partial charge in [-0.25, -0.2) is 14.8 Å². The van der Waals surface area contributed by atoms with Crippen LogP contribution < -0.4 is 10.6 Å². The van der Waals surface area contributed by atoms with Crippen molar-refractivity contribution < 1.29 is 29.3 Å². The lowest BCUT2D eigenvalue weighted by Gasteiger charge is -2.42. The lowest BCUT2D eigenvalue weighted by Crippen LogP contribution is -2.65. The van der Waals surface area contributed by atoms with E-state index in [1.807, 2.05) is 13.0 Å². The molecule has 12 heteroatoms. The maximum atomic E-state index is 13.1. The fraction of sp³-hybridized carbons (Fsp3) is 0.652. The third-order valence-electron chi connectivity index (χ3n) is 6.22. The van der Waals surface area contributed by atoms with E-state index < -0.39 is 54.2 Å². The van der Waals surface area contributed by atoms with Crippen LogP contribution in [0.25, 0.3) is 11.0 Å². The van der Waals surface area contributed by atoms with E-state index in [1.165, 1.54) is 11.2 Å². The smallest absolute Gasteiger partial charge is 0.410 e. The van der Waals surface area contributed by atoms with E-state index in [1.54, 1.807) is 27.7 Å². The molecule has 0 aromatic carbocycles. The van der Waals surface area contributed by atoms with Crippen molar-refractivity contribution in [1.82, 2.24) is 25.2 Å². The van der Waals surface area contributed by atoms with E-state index in [2.05, 4.69) is 25.6 Å². The summed E-state index contributed by atoms with van der Waals surface area (Å²) in [7, 11) is 0. The third kappa shape index (κ3) is 5.34. The number of nitrogens with one attached hydrogen (secondary N) is 3. The number of aliphatic hydroxyl groups is 2. The fourth-order valence-corrected chi connectivity index (χ4v) is 4.54. The Hall–Kier alpha value is -2.96. The van der Waals surface area contributed by atoms with Gasteiger partial charge < -0.3 is 35.3 Å². The molecule has 0 saturated carbocycles. The summed E-state index contributed by atoms with van der Waals surface area (Å²) in [4.78, 5) is 38.6. The number of likely N-dealkylation sites (tertiary alicyclic amines) is 1. The van der Waals surface area contributed by atoms with Gasteiger partial charge in [-0.3, -0.25) is 9.69 Å². The molecule has 2 aliphatic heterocycles. The molecule has 2 aromatic heterocycles. The molecule has 4 heterocycles. The summed E-state index contributed by atoms with van der Waals surface area (Å²) in [5.74, 6) is -0.00108. The normalized spacial score (nSPS) is 29.3. The molecule has 4 rings (SSSR count). The maximum absolute atomic E-state index is 13.1. The van der Waals surface area contributed by atoms with Crippen molar-refractivity contribution in [1.29, 1.82) is 0 Å². The number of carbonyl (C=O) groups is 2. The van der Waals surface area contributed by atoms with Crippen molar-refractivity contribution in [2.45, 2.75) is 89.7 Å². The molecule has 2 amide bonds. The predicted octanol–water partition coefficient (Wildman–Crippen LogP) is 1.03. The van der Waals surface area contributed by atoms with Gasteiger partial charge in [0, 0.05) is 12.2 Å². The molecule has 35 heavy (non-hydrogen) atoms. The number of aliphatic hydroxyl groups excluding tert-OH is 2. The first-order valence-electron chi connectivity index (χ1n) is 11.8. The van der Waals surface area contributed by atoms with Crippen LogP contribution in [0.2, 0.25) is 0 Å². The number of hydrogen-bond acceptors (Lipinski definition) is 9. The molecule has 2 aliphatic rings. The number of fused-ring (bicyclic) bond motifs is 1. The van der Waals surface area contributed by atoms with E-state index in [9.17, 15) is 19.8 Å². The van der Waals surface area contributed by atoms with Gasteiger partial charge in [0.1, 0.15) is 35.7 Å². The van der Waals surface area contributed by atoms with Gasteiger partial charge in [0.2, 0.25) is 5.91 Å². The van der Waals surface area contributed by atoms with Gasteiger partial charge in [-0.15, -0.1) is 0 Å². The molecule has 0 aliphatic carbocycles. The van der Waals surface area contributed by atoms with E-state index in [-0.39, 0.29) is 0 Å². The number of aryl methyl sites for hydroxylation is 1. The molecule has 0 spiro atoms. The first kappa shape index (κ1) is 25.1. The van der Waals surface area contributed by atoms with E-state index in [0.717, 1.165) is 5.69 Å². The quantitative estimate of drug-likeness (QED) is 0.421. The minimum atomic E-state index is -1.36. The summed E-state index contributed by atoms with van der Waals surface area (Å²) < 4.78 is 11.4. The van der Waals surface area contributed by atoms with Gasteiger partial charge in [-0.2, -0.15) is 0 Å². The van der Waals surface area contributed by atoms with Crippen molar-refractivity contribution in [2.75, 3.05) is 11.9 Å². The number of aromatic nitrogens is 3. The molecule has 2 fully saturated rings. The first-order valence-corrected chi connectivity index (χ1v) is 11.8. The Morgan fingerprint density at radius 1 is 1.26 bits per heavy atom. The highest BCUT2D eigenvalue weighted by Crippen LogP contribution is 2.27. The zero-order valence-electron chi connectivity index (χ0n) is 20.6. The second-order valence-corrected chi connectivity index (χ2v) is 10.2. The lowest BCUT2D eigenvalue weighted by molar-refractivity contribution is -0.173. The van der Waals surface area contributed by atoms with E-state index in [4.69, 9.17) is 9.47 Å². The molecule has 0 radical (unpaired) electrons. The van der Waals surface area contributed by atoms with Gasteiger partial charge >= 0.3 is 6.09 Å². The van der Waals surface area contributed by atoms with Crippen molar-refractivity contribution in [3.8, 4) is 0 Å². The lowest BCUT2D eigenvalue weighted by atomic mass is 9.95.